The Morgan fingerprint density at radius 3 is 2.94 bits per heavy atom. The molecule has 2 aliphatic heterocycles. The second-order valence-corrected chi connectivity index (χ2v) is 5.58. The minimum atomic E-state index is -0.311. The third-order valence-electron chi connectivity index (χ3n) is 3.76. The zero-order valence-electron chi connectivity index (χ0n) is 11.4. The highest BCUT2D eigenvalue weighted by molar-refractivity contribution is 5.72. The molecule has 0 aromatic heterocycles. The van der Waals surface area contributed by atoms with Crippen LogP contribution in [0.4, 0.5) is 0 Å². The Kier molecular flexibility index (Phi) is 3.43. The minimum absolute atomic E-state index is 0.311. The molecule has 0 saturated carbocycles. The first-order chi connectivity index (χ1) is 8.39. The van der Waals surface area contributed by atoms with Gasteiger partial charge in [0.1, 0.15) is 12.9 Å². The van der Waals surface area contributed by atoms with Crippen LogP contribution in [0.25, 0.3) is 0 Å². The van der Waals surface area contributed by atoms with Gasteiger partial charge in [0.15, 0.2) is 6.04 Å². The van der Waals surface area contributed by atoms with Crippen molar-refractivity contribution in [3.63, 3.8) is 0 Å². The number of aliphatic hydroxyl groups excluding tert-OH is 1. The molecule has 0 bridgehead atoms. The lowest BCUT2D eigenvalue weighted by molar-refractivity contribution is -0.541. The number of nitrogens with two attached hydrogens (primary N) is 1. The lowest BCUT2D eigenvalue weighted by Crippen LogP contribution is -2.40. The predicted octanol–water partition coefficient (Wildman–Crippen LogP) is 0.713. The van der Waals surface area contributed by atoms with E-state index in [1.807, 2.05) is 24.8 Å². The van der Waals surface area contributed by atoms with Crippen molar-refractivity contribution in [3.05, 3.63) is 11.9 Å². The molecule has 18 heavy (non-hydrogen) atoms. The first-order valence-corrected chi connectivity index (χ1v) is 6.43. The number of aliphatic imine (C=N–C) groups is 1. The summed E-state index contributed by atoms with van der Waals surface area (Å²) >= 11 is 0. The van der Waals surface area contributed by atoms with Crippen molar-refractivity contribution < 1.29 is 9.68 Å². The Bertz CT molecular complexity index is 419. The Balaban J connectivity index is 2.01. The second kappa shape index (κ2) is 4.72. The zero-order valence-corrected chi connectivity index (χ0v) is 11.4. The standard InChI is InChI=1S/C13H22N4O/c1-10(18)16(3)11-5-7-17(8-11)12-4-6-13(2,14)9-15-12/h4,9,11H,5-8,14H2,1-3H3/p+1. The maximum absolute atomic E-state index is 9.51. The zero-order chi connectivity index (χ0) is 13.3. The van der Waals surface area contributed by atoms with Gasteiger partial charge in [-0.3, -0.25) is 0 Å². The molecule has 0 radical (unpaired) electrons. The number of likely N-dealkylation sites (tertiary alicyclic amines) is 1. The van der Waals surface area contributed by atoms with Gasteiger partial charge in [0.25, 0.3) is 0 Å². The highest BCUT2D eigenvalue weighted by Crippen LogP contribution is 2.22. The molecule has 0 amide bonds. The second-order valence-electron chi connectivity index (χ2n) is 5.58. The van der Waals surface area contributed by atoms with Gasteiger partial charge >= 0.3 is 5.90 Å². The van der Waals surface area contributed by atoms with Gasteiger partial charge in [-0.25, -0.2) is 9.57 Å². The fourth-order valence-electron chi connectivity index (χ4n) is 2.37. The van der Waals surface area contributed by atoms with Crippen LogP contribution in [0.5, 0.6) is 0 Å². The van der Waals surface area contributed by atoms with Crippen molar-refractivity contribution >= 4 is 12.1 Å². The van der Waals surface area contributed by atoms with E-state index in [-0.39, 0.29) is 5.54 Å². The van der Waals surface area contributed by atoms with Gasteiger partial charge in [0, 0.05) is 19.2 Å². The van der Waals surface area contributed by atoms with Gasteiger partial charge < -0.3 is 15.7 Å². The molecular formula is C13H23N4O+. The Morgan fingerprint density at radius 1 is 1.67 bits per heavy atom. The van der Waals surface area contributed by atoms with Gasteiger partial charge in [-0.1, -0.05) is 0 Å². The number of rotatable bonds is 2. The quantitative estimate of drug-likeness (QED) is 0.431. The van der Waals surface area contributed by atoms with E-state index in [4.69, 9.17) is 5.73 Å². The van der Waals surface area contributed by atoms with Crippen molar-refractivity contribution in [2.45, 2.75) is 38.3 Å². The van der Waals surface area contributed by atoms with E-state index in [1.165, 1.54) is 0 Å². The summed E-state index contributed by atoms with van der Waals surface area (Å²) in [7, 11) is 1.93. The number of nitrogens with zero attached hydrogens (tertiary/aromatic N) is 3. The molecule has 2 heterocycles. The van der Waals surface area contributed by atoms with Gasteiger partial charge in [-0.15, -0.1) is 0 Å². The summed E-state index contributed by atoms with van der Waals surface area (Å²) in [5.74, 6) is 1.39. The Hall–Kier alpha value is -1.36. The summed E-state index contributed by atoms with van der Waals surface area (Å²) in [6, 6.07) is 0.359. The highest BCUT2D eigenvalue weighted by atomic mass is 16.3. The van der Waals surface area contributed by atoms with Crippen LogP contribution in [0.2, 0.25) is 0 Å². The highest BCUT2D eigenvalue weighted by Gasteiger charge is 2.32. The molecule has 0 aromatic rings. The summed E-state index contributed by atoms with van der Waals surface area (Å²) in [6.07, 6.45) is 5.82. The van der Waals surface area contributed by atoms with Crippen LogP contribution in [-0.4, -0.2) is 58.4 Å². The molecule has 0 spiro atoms. The first-order valence-electron chi connectivity index (χ1n) is 6.43. The molecule has 2 atom stereocenters. The maximum atomic E-state index is 9.51. The Labute approximate surface area is 108 Å². The smallest absolute Gasteiger partial charge is 0.330 e. The van der Waals surface area contributed by atoms with Crippen LogP contribution in [0.15, 0.2) is 16.9 Å². The fraction of sp³-hybridized carbons (Fsp3) is 0.692. The molecule has 1 saturated heterocycles. The first kappa shape index (κ1) is 13.1. The van der Waals surface area contributed by atoms with Crippen LogP contribution in [0.1, 0.15) is 26.7 Å². The number of likely N-dealkylation sites (N-methyl/N-ethyl adjacent to an activating group) is 1. The number of hydrogen-bond acceptors (Lipinski definition) is 3. The molecule has 2 rings (SSSR count). The van der Waals surface area contributed by atoms with Gasteiger partial charge in [-0.2, -0.15) is 0 Å². The largest absolute Gasteiger partial charge is 0.464 e. The molecule has 2 aliphatic rings. The molecule has 5 heteroatoms. The van der Waals surface area contributed by atoms with E-state index in [9.17, 15) is 5.11 Å². The summed E-state index contributed by atoms with van der Waals surface area (Å²) in [5.41, 5.74) is 5.69. The van der Waals surface area contributed by atoms with Gasteiger partial charge in [0.2, 0.25) is 0 Å². The van der Waals surface area contributed by atoms with Crippen molar-refractivity contribution in [1.82, 2.24) is 4.90 Å². The number of aliphatic hydroxyl groups is 1. The van der Waals surface area contributed by atoms with Crippen LogP contribution in [0, 0.1) is 0 Å². The molecule has 0 aromatic carbocycles. The van der Waals surface area contributed by atoms with Crippen molar-refractivity contribution in [1.29, 1.82) is 0 Å². The van der Waals surface area contributed by atoms with E-state index >= 15 is 0 Å². The SMILES string of the molecule is CC(O)=[N+](C)C1CCN(C2=CCC(C)(N)C=N2)C1. The summed E-state index contributed by atoms with van der Waals surface area (Å²) < 4.78 is 1.93. The van der Waals surface area contributed by atoms with Crippen LogP contribution < -0.4 is 5.73 Å². The molecule has 1 fully saturated rings. The maximum Gasteiger partial charge on any atom is 0.330 e. The van der Waals surface area contributed by atoms with E-state index in [0.29, 0.717) is 11.9 Å². The van der Waals surface area contributed by atoms with Crippen LogP contribution >= 0.6 is 0 Å². The van der Waals surface area contributed by atoms with E-state index < -0.39 is 0 Å². The minimum Gasteiger partial charge on any atom is -0.464 e. The number of hydrogen-bond donors (Lipinski definition) is 2. The van der Waals surface area contributed by atoms with E-state index in [0.717, 1.165) is 31.8 Å². The van der Waals surface area contributed by atoms with E-state index in [2.05, 4.69) is 16.0 Å². The van der Waals surface area contributed by atoms with Crippen molar-refractivity contribution in [2.75, 3.05) is 20.1 Å². The lowest BCUT2D eigenvalue weighted by atomic mass is 9.99. The molecule has 0 aliphatic carbocycles. The fourth-order valence-corrected chi connectivity index (χ4v) is 2.37. The third kappa shape index (κ3) is 2.72. The van der Waals surface area contributed by atoms with Gasteiger partial charge in [-0.05, 0) is 19.4 Å². The predicted molar refractivity (Wildman–Crippen MR) is 73.3 cm³/mol. The molecule has 2 unspecified atom stereocenters. The third-order valence-corrected chi connectivity index (χ3v) is 3.76. The monoisotopic (exact) mass is 251 g/mol. The molecule has 5 nitrogen and oxygen atoms in total. The van der Waals surface area contributed by atoms with Crippen molar-refractivity contribution in [3.8, 4) is 0 Å². The topological polar surface area (TPSA) is 64.9 Å². The van der Waals surface area contributed by atoms with Crippen LogP contribution in [0.3, 0.4) is 0 Å². The Morgan fingerprint density at radius 2 is 2.39 bits per heavy atom. The van der Waals surface area contributed by atoms with E-state index in [1.54, 1.807) is 6.92 Å². The van der Waals surface area contributed by atoms with Crippen molar-refractivity contribution in [2.24, 2.45) is 10.7 Å². The lowest BCUT2D eigenvalue weighted by Gasteiger charge is -2.26. The average Bonchev–Trinajstić information content (AvgIpc) is 2.77. The molecule has 100 valence electrons. The molecule has 3 N–H and O–H groups in total. The van der Waals surface area contributed by atoms with Gasteiger partial charge in [0.05, 0.1) is 19.0 Å². The van der Waals surface area contributed by atoms with Crippen LogP contribution in [-0.2, 0) is 0 Å². The average molecular weight is 251 g/mol. The summed E-state index contributed by atoms with van der Waals surface area (Å²) in [4.78, 5) is 6.71. The normalized spacial score (nSPS) is 33.4. The summed E-state index contributed by atoms with van der Waals surface area (Å²) in [5, 5.41) is 9.51. The molecular weight excluding hydrogens is 228 g/mol. The summed E-state index contributed by atoms with van der Waals surface area (Å²) in [6.45, 7) is 5.58.